The average Bonchev–Trinajstić information content (AvgIpc) is 2.98. The van der Waals surface area contributed by atoms with Crippen LogP contribution in [0.4, 0.5) is 0 Å². The van der Waals surface area contributed by atoms with Gasteiger partial charge in [-0.15, -0.1) is 11.3 Å². The van der Waals surface area contributed by atoms with E-state index in [9.17, 15) is 0 Å². The van der Waals surface area contributed by atoms with E-state index in [0.29, 0.717) is 18.1 Å². The fourth-order valence-electron chi connectivity index (χ4n) is 3.47. The Balaban J connectivity index is 2.35. The molecule has 0 saturated carbocycles. The number of nitrogens with two attached hydrogens (primary N) is 1. The SMILES string of the molecule is CCC(N)C(c1sccc1C)N1C(C)CCC1CC. The molecule has 4 atom stereocenters. The minimum atomic E-state index is 0.243. The fourth-order valence-corrected chi connectivity index (χ4v) is 4.58. The number of hydrogen-bond donors (Lipinski definition) is 1. The first-order valence-electron chi connectivity index (χ1n) is 7.67. The van der Waals surface area contributed by atoms with Crippen molar-refractivity contribution in [1.82, 2.24) is 4.90 Å². The maximum Gasteiger partial charge on any atom is 0.0600 e. The summed E-state index contributed by atoms with van der Waals surface area (Å²) in [5, 5.41) is 2.21. The van der Waals surface area contributed by atoms with Crippen LogP contribution >= 0.6 is 11.3 Å². The lowest BCUT2D eigenvalue weighted by Crippen LogP contribution is -2.45. The molecular formula is C16H28N2S. The van der Waals surface area contributed by atoms with Crippen molar-refractivity contribution in [1.29, 1.82) is 0 Å². The normalized spacial score (nSPS) is 27.6. The summed E-state index contributed by atoms with van der Waals surface area (Å²) in [6.07, 6.45) is 4.92. The first-order chi connectivity index (χ1) is 9.10. The lowest BCUT2D eigenvalue weighted by Gasteiger charge is -2.39. The lowest BCUT2D eigenvalue weighted by molar-refractivity contribution is 0.113. The number of nitrogens with zero attached hydrogens (tertiary/aromatic N) is 1. The topological polar surface area (TPSA) is 29.3 Å². The third-order valence-electron chi connectivity index (χ3n) is 4.69. The van der Waals surface area contributed by atoms with Gasteiger partial charge in [-0.2, -0.15) is 0 Å². The molecule has 1 aliphatic heterocycles. The highest BCUT2D eigenvalue weighted by Gasteiger charge is 2.38. The molecule has 3 heteroatoms. The van der Waals surface area contributed by atoms with Crippen LogP contribution in [-0.2, 0) is 0 Å². The molecular weight excluding hydrogens is 252 g/mol. The van der Waals surface area contributed by atoms with Gasteiger partial charge >= 0.3 is 0 Å². The van der Waals surface area contributed by atoms with Gasteiger partial charge in [0.05, 0.1) is 6.04 Å². The van der Waals surface area contributed by atoms with E-state index in [1.165, 1.54) is 29.7 Å². The Labute approximate surface area is 122 Å². The first kappa shape index (κ1) is 15.0. The van der Waals surface area contributed by atoms with Gasteiger partial charge in [0.25, 0.3) is 0 Å². The van der Waals surface area contributed by atoms with E-state index in [-0.39, 0.29) is 6.04 Å². The van der Waals surface area contributed by atoms with Crippen molar-refractivity contribution < 1.29 is 0 Å². The van der Waals surface area contributed by atoms with Crippen molar-refractivity contribution in [2.75, 3.05) is 0 Å². The molecule has 1 aromatic heterocycles. The third kappa shape index (κ3) is 2.88. The van der Waals surface area contributed by atoms with E-state index >= 15 is 0 Å². The summed E-state index contributed by atoms with van der Waals surface area (Å²) in [4.78, 5) is 4.20. The Morgan fingerprint density at radius 2 is 2.16 bits per heavy atom. The van der Waals surface area contributed by atoms with Gasteiger partial charge in [0.2, 0.25) is 0 Å². The van der Waals surface area contributed by atoms with Gasteiger partial charge in [0.1, 0.15) is 0 Å². The second-order valence-electron chi connectivity index (χ2n) is 5.92. The van der Waals surface area contributed by atoms with Crippen molar-refractivity contribution in [3.05, 3.63) is 21.9 Å². The summed E-state index contributed by atoms with van der Waals surface area (Å²) in [5.74, 6) is 0. The minimum Gasteiger partial charge on any atom is -0.326 e. The lowest BCUT2D eigenvalue weighted by atomic mass is 9.98. The molecule has 2 heterocycles. The van der Waals surface area contributed by atoms with E-state index in [0.717, 1.165) is 6.42 Å². The molecule has 2 nitrogen and oxygen atoms in total. The molecule has 1 aromatic rings. The van der Waals surface area contributed by atoms with Crippen LogP contribution in [0.1, 0.15) is 62.9 Å². The largest absolute Gasteiger partial charge is 0.326 e. The van der Waals surface area contributed by atoms with Crippen LogP contribution < -0.4 is 5.73 Å². The second-order valence-corrected chi connectivity index (χ2v) is 6.87. The molecule has 0 aromatic carbocycles. The first-order valence-corrected chi connectivity index (χ1v) is 8.55. The molecule has 2 rings (SSSR count). The zero-order chi connectivity index (χ0) is 14.0. The Morgan fingerprint density at radius 3 is 2.68 bits per heavy atom. The summed E-state index contributed by atoms with van der Waals surface area (Å²) >= 11 is 1.88. The van der Waals surface area contributed by atoms with Gasteiger partial charge < -0.3 is 5.73 Å². The maximum atomic E-state index is 6.50. The van der Waals surface area contributed by atoms with Gasteiger partial charge in [-0.25, -0.2) is 0 Å². The summed E-state index contributed by atoms with van der Waals surface area (Å²) in [5.41, 5.74) is 7.91. The predicted octanol–water partition coefficient (Wildman–Crippen LogP) is 4.10. The number of likely N-dealkylation sites (tertiary alicyclic amines) is 1. The second kappa shape index (κ2) is 6.38. The predicted molar refractivity (Wildman–Crippen MR) is 84.7 cm³/mol. The van der Waals surface area contributed by atoms with Crippen LogP contribution in [-0.4, -0.2) is 23.0 Å². The highest BCUT2D eigenvalue weighted by molar-refractivity contribution is 7.10. The molecule has 0 radical (unpaired) electrons. The van der Waals surface area contributed by atoms with Crippen LogP contribution in [0.25, 0.3) is 0 Å². The fraction of sp³-hybridized carbons (Fsp3) is 0.750. The van der Waals surface area contributed by atoms with E-state index < -0.39 is 0 Å². The molecule has 1 fully saturated rings. The molecule has 108 valence electrons. The number of aryl methyl sites for hydroxylation is 1. The Hall–Kier alpha value is -0.380. The van der Waals surface area contributed by atoms with Gasteiger partial charge in [0, 0.05) is 23.0 Å². The van der Waals surface area contributed by atoms with E-state index in [4.69, 9.17) is 5.73 Å². The van der Waals surface area contributed by atoms with Crippen LogP contribution in [0, 0.1) is 6.92 Å². The third-order valence-corrected chi connectivity index (χ3v) is 5.78. The van der Waals surface area contributed by atoms with Crippen molar-refractivity contribution in [2.24, 2.45) is 5.73 Å². The zero-order valence-corrected chi connectivity index (χ0v) is 13.5. The van der Waals surface area contributed by atoms with E-state index in [2.05, 4.69) is 44.0 Å². The molecule has 0 amide bonds. The molecule has 1 saturated heterocycles. The monoisotopic (exact) mass is 280 g/mol. The molecule has 0 spiro atoms. The summed E-state index contributed by atoms with van der Waals surface area (Å²) in [7, 11) is 0. The highest BCUT2D eigenvalue weighted by atomic mass is 32.1. The van der Waals surface area contributed by atoms with E-state index in [1.807, 2.05) is 11.3 Å². The van der Waals surface area contributed by atoms with Crippen molar-refractivity contribution in [3.63, 3.8) is 0 Å². The Kier molecular flexibility index (Phi) is 5.04. The molecule has 1 aliphatic rings. The number of thiophene rings is 1. The van der Waals surface area contributed by atoms with Crippen LogP contribution in [0.2, 0.25) is 0 Å². The molecule has 4 unspecified atom stereocenters. The van der Waals surface area contributed by atoms with E-state index in [1.54, 1.807) is 0 Å². The molecule has 2 N–H and O–H groups in total. The Bertz CT molecular complexity index is 401. The minimum absolute atomic E-state index is 0.243. The van der Waals surface area contributed by atoms with Gasteiger partial charge in [-0.05, 0) is 56.5 Å². The standard InChI is InChI=1S/C16H28N2S/c1-5-13-8-7-12(4)18(13)15(14(17)6-2)16-11(3)9-10-19-16/h9-10,12-15H,5-8,17H2,1-4H3. The van der Waals surface area contributed by atoms with Gasteiger partial charge in [-0.3, -0.25) is 4.90 Å². The zero-order valence-electron chi connectivity index (χ0n) is 12.7. The van der Waals surface area contributed by atoms with Crippen LogP contribution in [0.5, 0.6) is 0 Å². The van der Waals surface area contributed by atoms with Gasteiger partial charge in [0.15, 0.2) is 0 Å². The molecule has 19 heavy (non-hydrogen) atoms. The Morgan fingerprint density at radius 1 is 1.42 bits per heavy atom. The van der Waals surface area contributed by atoms with Crippen molar-refractivity contribution in [2.45, 2.75) is 77.5 Å². The van der Waals surface area contributed by atoms with Crippen molar-refractivity contribution >= 4 is 11.3 Å². The average molecular weight is 280 g/mol. The maximum absolute atomic E-state index is 6.50. The van der Waals surface area contributed by atoms with Crippen molar-refractivity contribution in [3.8, 4) is 0 Å². The molecule has 0 bridgehead atoms. The highest BCUT2D eigenvalue weighted by Crippen LogP contribution is 2.40. The van der Waals surface area contributed by atoms with Crippen LogP contribution in [0.3, 0.4) is 0 Å². The van der Waals surface area contributed by atoms with Gasteiger partial charge in [-0.1, -0.05) is 13.8 Å². The summed E-state index contributed by atoms with van der Waals surface area (Å²) in [6, 6.07) is 4.25. The van der Waals surface area contributed by atoms with Crippen LogP contribution in [0.15, 0.2) is 11.4 Å². The number of rotatable bonds is 5. The molecule has 0 aliphatic carbocycles. The smallest absolute Gasteiger partial charge is 0.0600 e. The summed E-state index contributed by atoms with van der Waals surface area (Å²) in [6.45, 7) is 9.12. The summed E-state index contributed by atoms with van der Waals surface area (Å²) < 4.78 is 0. The quantitative estimate of drug-likeness (QED) is 0.880. The number of hydrogen-bond acceptors (Lipinski definition) is 3.